The third-order valence-electron chi connectivity index (χ3n) is 2.74. The zero-order chi connectivity index (χ0) is 14.3. The van der Waals surface area contributed by atoms with E-state index in [0.29, 0.717) is 5.71 Å². The highest BCUT2D eigenvalue weighted by Gasteiger charge is 2.06. The van der Waals surface area contributed by atoms with Gasteiger partial charge in [0, 0.05) is 0 Å². The molecule has 3 N–H and O–H groups in total. The predicted octanol–water partition coefficient (Wildman–Crippen LogP) is 1.35. The second kappa shape index (κ2) is 7.31. The summed E-state index contributed by atoms with van der Waals surface area (Å²) >= 11 is 0. The highest BCUT2D eigenvalue weighted by atomic mass is 16.2. The molecule has 0 spiro atoms. The summed E-state index contributed by atoms with van der Waals surface area (Å²) < 4.78 is 0. The van der Waals surface area contributed by atoms with Crippen LogP contribution in [0.3, 0.4) is 0 Å². The lowest BCUT2D eigenvalue weighted by Crippen LogP contribution is -2.33. The van der Waals surface area contributed by atoms with Crippen molar-refractivity contribution in [3.63, 3.8) is 0 Å². The lowest BCUT2D eigenvalue weighted by atomic mass is 10.0. The summed E-state index contributed by atoms with van der Waals surface area (Å²) in [4.78, 5) is 21.5. The molecule has 102 valence electrons. The molecule has 0 heterocycles. The Kier molecular flexibility index (Phi) is 5.73. The molecule has 0 aliphatic carbocycles. The van der Waals surface area contributed by atoms with Crippen LogP contribution in [0.4, 0.5) is 0 Å². The highest BCUT2D eigenvalue weighted by molar-refractivity contribution is 6.34. The zero-order valence-corrected chi connectivity index (χ0v) is 11.3. The van der Waals surface area contributed by atoms with E-state index in [1.807, 2.05) is 24.3 Å². The van der Waals surface area contributed by atoms with Crippen molar-refractivity contribution in [2.75, 3.05) is 0 Å². The number of hydrazone groups is 1. The SMILES string of the molecule is CCCCc1ccc(/C(C)=N\NC(=O)C(N)=O)cc1. The van der Waals surface area contributed by atoms with E-state index in [4.69, 9.17) is 5.73 Å². The Hall–Kier alpha value is -2.17. The van der Waals surface area contributed by atoms with E-state index in [-0.39, 0.29) is 0 Å². The first-order valence-electron chi connectivity index (χ1n) is 6.28. The van der Waals surface area contributed by atoms with Crippen LogP contribution in [0.5, 0.6) is 0 Å². The Morgan fingerprint density at radius 3 is 2.42 bits per heavy atom. The van der Waals surface area contributed by atoms with E-state index in [9.17, 15) is 9.59 Å². The quantitative estimate of drug-likeness (QED) is 0.476. The van der Waals surface area contributed by atoms with Gasteiger partial charge < -0.3 is 5.73 Å². The van der Waals surface area contributed by atoms with Crippen molar-refractivity contribution in [3.05, 3.63) is 35.4 Å². The Morgan fingerprint density at radius 1 is 1.26 bits per heavy atom. The van der Waals surface area contributed by atoms with Crippen LogP contribution in [-0.4, -0.2) is 17.5 Å². The highest BCUT2D eigenvalue weighted by Crippen LogP contribution is 2.08. The van der Waals surface area contributed by atoms with Crippen LogP contribution in [0.15, 0.2) is 29.4 Å². The summed E-state index contributed by atoms with van der Waals surface area (Å²) in [6, 6.07) is 7.97. The molecule has 19 heavy (non-hydrogen) atoms. The van der Waals surface area contributed by atoms with Gasteiger partial charge in [-0.05, 0) is 30.9 Å². The van der Waals surface area contributed by atoms with Gasteiger partial charge in [0.2, 0.25) is 0 Å². The molecule has 1 rings (SSSR count). The van der Waals surface area contributed by atoms with E-state index in [1.54, 1.807) is 6.92 Å². The largest absolute Gasteiger partial charge is 0.361 e. The van der Waals surface area contributed by atoms with E-state index in [1.165, 1.54) is 18.4 Å². The van der Waals surface area contributed by atoms with E-state index < -0.39 is 11.8 Å². The number of carbonyl (C=O) groups excluding carboxylic acids is 2. The van der Waals surface area contributed by atoms with Crippen molar-refractivity contribution in [1.82, 2.24) is 5.43 Å². The van der Waals surface area contributed by atoms with Crippen molar-refractivity contribution in [2.24, 2.45) is 10.8 Å². The normalized spacial score (nSPS) is 11.2. The molecule has 1 aromatic rings. The summed E-state index contributed by atoms with van der Waals surface area (Å²) in [5.74, 6) is -1.97. The Balaban J connectivity index is 2.66. The van der Waals surface area contributed by atoms with Gasteiger partial charge in [-0.3, -0.25) is 9.59 Å². The smallest absolute Gasteiger partial charge is 0.329 e. The molecule has 1 aromatic carbocycles. The number of benzene rings is 1. The zero-order valence-electron chi connectivity index (χ0n) is 11.3. The van der Waals surface area contributed by atoms with Crippen molar-refractivity contribution in [2.45, 2.75) is 33.1 Å². The van der Waals surface area contributed by atoms with Gasteiger partial charge in [0.05, 0.1) is 5.71 Å². The molecular formula is C14H19N3O2. The summed E-state index contributed by atoms with van der Waals surface area (Å²) in [5, 5.41) is 3.82. The first kappa shape index (κ1) is 14.9. The molecule has 0 aliphatic heterocycles. The molecular weight excluding hydrogens is 242 g/mol. The van der Waals surface area contributed by atoms with E-state index in [0.717, 1.165) is 12.0 Å². The van der Waals surface area contributed by atoms with Crippen LogP contribution in [-0.2, 0) is 16.0 Å². The number of hydrogen-bond acceptors (Lipinski definition) is 3. The predicted molar refractivity (Wildman–Crippen MR) is 74.6 cm³/mol. The number of nitrogens with two attached hydrogens (primary N) is 1. The van der Waals surface area contributed by atoms with E-state index >= 15 is 0 Å². The van der Waals surface area contributed by atoms with Crippen LogP contribution in [0.2, 0.25) is 0 Å². The molecule has 0 fully saturated rings. The number of nitrogens with zero attached hydrogens (tertiary/aromatic N) is 1. The van der Waals surface area contributed by atoms with Crippen molar-refractivity contribution in [1.29, 1.82) is 0 Å². The average molecular weight is 261 g/mol. The molecule has 0 aliphatic rings. The molecule has 5 nitrogen and oxygen atoms in total. The third kappa shape index (κ3) is 4.91. The second-order valence-electron chi connectivity index (χ2n) is 4.30. The van der Waals surface area contributed by atoms with E-state index in [2.05, 4.69) is 17.5 Å². The number of nitrogens with one attached hydrogen (secondary N) is 1. The number of carbonyl (C=O) groups is 2. The first-order chi connectivity index (χ1) is 9.04. The number of hydrogen-bond donors (Lipinski definition) is 2. The number of rotatable bonds is 5. The van der Waals surface area contributed by atoms with Gasteiger partial charge in [-0.15, -0.1) is 0 Å². The maximum absolute atomic E-state index is 11.0. The van der Waals surface area contributed by atoms with Gasteiger partial charge in [0.1, 0.15) is 0 Å². The number of aryl methyl sites for hydroxylation is 1. The van der Waals surface area contributed by atoms with Gasteiger partial charge in [0.15, 0.2) is 0 Å². The number of unbranched alkanes of at least 4 members (excludes halogenated alkanes) is 1. The molecule has 0 saturated carbocycles. The summed E-state index contributed by atoms with van der Waals surface area (Å²) in [7, 11) is 0. The van der Waals surface area contributed by atoms with Crippen LogP contribution >= 0.6 is 0 Å². The van der Waals surface area contributed by atoms with Crippen LogP contribution < -0.4 is 11.2 Å². The topological polar surface area (TPSA) is 84.6 Å². The molecule has 0 aromatic heterocycles. The van der Waals surface area contributed by atoms with Gasteiger partial charge >= 0.3 is 11.8 Å². The average Bonchev–Trinajstić information content (AvgIpc) is 2.42. The number of primary amides is 1. The van der Waals surface area contributed by atoms with Crippen LogP contribution in [0, 0.1) is 0 Å². The lowest BCUT2D eigenvalue weighted by molar-refractivity contribution is -0.137. The third-order valence-corrected chi connectivity index (χ3v) is 2.74. The fourth-order valence-corrected chi connectivity index (χ4v) is 1.55. The van der Waals surface area contributed by atoms with Gasteiger partial charge in [-0.25, -0.2) is 5.43 Å². The Bertz CT molecular complexity index is 478. The molecule has 2 amide bonds. The van der Waals surface area contributed by atoms with Crippen LogP contribution in [0.1, 0.15) is 37.8 Å². The Labute approximate surface area is 112 Å². The summed E-state index contributed by atoms with van der Waals surface area (Å²) in [6.45, 7) is 3.91. The maximum atomic E-state index is 11.0. The molecule has 0 radical (unpaired) electrons. The summed E-state index contributed by atoms with van der Waals surface area (Å²) in [6.07, 6.45) is 3.40. The molecule has 0 saturated heterocycles. The van der Waals surface area contributed by atoms with Crippen molar-refractivity contribution in [3.8, 4) is 0 Å². The monoisotopic (exact) mass is 261 g/mol. The van der Waals surface area contributed by atoms with Gasteiger partial charge in [0.25, 0.3) is 0 Å². The standard InChI is InChI=1S/C14H19N3O2/c1-3-4-5-11-6-8-12(9-7-11)10(2)16-17-14(19)13(15)18/h6-9H,3-5H2,1-2H3,(H2,15,18)(H,17,19)/b16-10-. The lowest BCUT2D eigenvalue weighted by Gasteiger charge is -2.04. The number of amides is 2. The maximum Gasteiger partial charge on any atom is 0.329 e. The molecule has 0 bridgehead atoms. The molecule has 0 atom stereocenters. The van der Waals surface area contributed by atoms with Crippen molar-refractivity contribution >= 4 is 17.5 Å². The minimum atomic E-state index is -1.05. The fourth-order valence-electron chi connectivity index (χ4n) is 1.55. The summed E-state index contributed by atoms with van der Waals surface area (Å²) in [5.41, 5.74) is 9.70. The van der Waals surface area contributed by atoms with Gasteiger partial charge in [-0.1, -0.05) is 37.6 Å². The minimum absolute atomic E-state index is 0.622. The van der Waals surface area contributed by atoms with Crippen molar-refractivity contribution < 1.29 is 9.59 Å². The second-order valence-corrected chi connectivity index (χ2v) is 4.30. The van der Waals surface area contributed by atoms with Crippen LogP contribution in [0.25, 0.3) is 0 Å². The fraction of sp³-hybridized carbons (Fsp3) is 0.357. The van der Waals surface area contributed by atoms with Gasteiger partial charge in [-0.2, -0.15) is 5.10 Å². The molecule has 0 unspecified atom stereocenters. The first-order valence-corrected chi connectivity index (χ1v) is 6.28. The minimum Gasteiger partial charge on any atom is -0.361 e. The Morgan fingerprint density at radius 2 is 1.89 bits per heavy atom. The molecule has 5 heteroatoms.